The summed E-state index contributed by atoms with van der Waals surface area (Å²) in [5.74, 6) is -3.37. The van der Waals surface area contributed by atoms with Crippen LogP contribution in [0.3, 0.4) is 0 Å². The molecule has 43 heavy (non-hydrogen) atoms. The van der Waals surface area contributed by atoms with Crippen molar-refractivity contribution in [3.05, 3.63) is 64.6 Å². The van der Waals surface area contributed by atoms with Crippen molar-refractivity contribution in [3.63, 3.8) is 0 Å². The largest absolute Gasteiger partial charge is 0.481 e. The van der Waals surface area contributed by atoms with Crippen molar-refractivity contribution >= 4 is 47.6 Å². The number of halogens is 3. The standard InChI is InChI=1S/C30H34ClF2N2O7P/c1-4-41-43(39,42-5-2)17-40-21-9-10-22-25(18(3)36)15-35(27(22)13-21)16-28(37)23-11-20(32)12-24(23)30(38)34-14-19-7-6-8-26(31)29(19)33/h6-10,13,15,20,23-24H,4-5,11-12,14,16-17H2,1-3H3,(H,34,38)/t20-,23?,24+/m0/s1. The summed E-state index contributed by atoms with van der Waals surface area (Å²) in [5, 5.41) is 3.09. The normalized spacial score (nSPS) is 18.6. The van der Waals surface area contributed by atoms with Gasteiger partial charge in [0.25, 0.3) is 0 Å². The van der Waals surface area contributed by atoms with E-state index >= 15 is 0 Å². The molecule has 0 radical (unpaired) electrons. The van der Waals surface area contributed by atoms with Gasteiger partial charge in [-0.1, -0.05) is 23.7 Å². The van der Waals surface area contributed by atoms with Crippen LogP contribution in [-0.4, -0.2) is 47.8 Å². The summed E-state index contributed by atoms with van der Waals surface area (Å²) in [6.07, 6.45) is -0.412. The zero-order chi connectivity index (χ0) is 31.3. The lowest BCUT2D eigenvalue weighted by Gasteiger charge is -2.19. The van der Waals surface area contributed by atoms with Gasteiger partial charge >= 0.3 is 7.60 Å². The Bertz CT molecular complexity index is 1550. The van der Waals surface area contributed by atoms with Crippen LogP contribution in [0.5, 0.6) is 5.75 Å². The number of ether oxygens (including phenoxy) is 1. The maximum Gasteiger partial charge on any atom is 0.367 e. The molecular weight excluding hydrogens is 605 g/mol. The second kappa shape index (κ2) is 14.1. The number of Topliss-reactive ketones (excluding diaryl/α,β-unsaturated/α-hetero) is 2. The van der Waals surface area contributed by atoms with E-state index in [1.54, 1.807) is 48.9 Å². The van der Waals surface area contributed by atoms with Crippen LogP contribution in [-0.2, 0) is 36.3 Å². The molecule has 1 saturated carbocycles. The highest BCUT2D eigenvalue weighted by Crippen LogP contribution is 2.48. The minimum atomic E-state index is -3.50. The Morgan fingerprint density at radius 1 is 1.09 bits per heavy atom. The molecule has 3 atom stereocenters. The van der Waals surface area contributed by atoms with Crippen molar-refractivity contribution in [2.75, 3.05) is 19.6 Å². The number of amides is 1. The van der Waals surface area contributed by atoms with Crippen LogP contribution in [0.25, 0.3) is 10.9 Å². The molecule has 0 aliphatic heterocycles. The third-order valence-corrected chi connectivity index (χ3v) is 9.38. The lowest BCUT2D eigenvalue weighted by Crippen LogP contribution is -2.36. The number of carbonyl (C=O) groups excluding carboxylic acids is 3. The first-order valence-corrected chi connectivity index (χ1v) is 16.1. The highest BCUT2D eigenvalue weighted by atomic mass is 35.5. The Hall–Kier alpha value is -3.11. The zero-order valence-electron chi connectivity index (χ0n) is 24.1. The quantitative estimate of drug-likeness (QED) is 0.159. The number of nitrogens with one attached hydrogen (secondary N) is 1. The topological polar surface area (TPSA) is 113 Å². The maximum atomic E-state index is 14.5. The van der Waals surface area contributed by atoms with Gasteiger partial charge < -0.3 is 23.7 Å². The van der Waals surface area contributed by atoms with Crippen LogP contribution in [0.1, 0.15) is 49.5 Å². The molecule has 232 valence electrons. The Kier molecular flexibility index (Phi) is 10.8. The van der Waals surface area contributed by atoms with Crippen molar-refractivity contribution in [3.8, 4) is 5.75 Å². The average Bonchev–Trinajstić information content (AvgIpc) is 3.53. The van der Waals surface area contributed by atoms with Crippen LogP contribution in [0.4, 0.5) is 8.78 Å². The molecule has 1 aromatic heterocycles. The molecule has 0 saturated heterocycles. The number of benzene rings is 2. The predicted molar refractivity (Wildman–Crippen MR) is 158 cm³/mol. The fraction of sp³-hybridized carbons (Fsp3) is 0.433. The lowest BCUT2D eigenvalue weighted by molar-refractivity contribution is -0.132. The van der Waals surface area contributed by atoms with Crippen LogP contribution in [0.2, 0.25) is 5.02 Å². The number of alkyl halides is 1. The van der Waals surface area contributed by atoms with Gasteiger partial charge in [0, 0.05) is 41.2 Å². The molecule has 1 aliphatic rings. The monoisotopic (exact) mass is 638 g/mol. The third-order valence-electron chi connectivity index (χ3n) is 7.34. The van der Waals surface area contributed by atoms with E-state index in [1.165, 1.54) is 19.1 Å². The Labute approximate surface area is 253 Å². The van der Waals surface area contributed by atoms with Gasteiger partial charge in [-0.05, 0) is 51.8 Å². The number of carbonyl (C=O) groups is 3. The molecule has 0 bridgehead atoms. The number of rotatable bonds is 14. The maximum absolute atomic E-state index is 14.5. The molecule has 2 aromatic carbocycles. The van der Waals surface area contributed by atoms with Gasteiger partial charge in [0.2, 0.25) is 5.91 Å². The van der Waals surface area contributed by atoms with E-state index in [-0.39, 0.29) is 67.6 Å². The number of aromatic nitrogens is 1. The Balaban J connectivity index is 1.53. The van der Waals surface area contributed by atoms with Crippen molar-refractivity contribution in [1.29, 1.82) is 0 Å². The van der Waals surface area contributed by atoms with Crippen LogP contribution in [0, 0.1) is 17.7 Å². The zero-order valence-corrected chi connectivity index (χ0v) is 25.8. The molecule has 1 fully saturated rings. The smallest absolute Gasteiger partial charge is 0.367 e. The van der Waals surface area contributed by atoms with Gasteiger partial charge in [-0.25, -0.2) is 8.78 Å². The molecule has 9 nitrogen and oxygen atoms in total. The third kappa shape index (κ3) is 7.70. The van der Waals surface area contributed by atoms with Gasteiger partial charge in [-0.3, -0.25) is 18.9 Å². The van der Waals surface area contributed by atoms with Crippen molar-refractivity contribution in [1.82, 2.24) is 9.88 Å². The van der Waals surface area contributed by atoms with Gasteiger partial charge in [0.15, 0.2) is 17.9 Å². The number of hydrogen-bond acceptors (Lipinski definition) is 7. The molecule has 4 rings (SSSR count). The number of nitrogens with zero attached hydrogens (tertiary/aromatic N) is 1. The van der Waals surface area contributed by atoms with Gasteiger partial charge in [0.05, 0.1) is 36.2 Å². The molecule has 1 heterocycles. The summed E-state index contributed by atoms with van der Waals surface area (Å²) < 4.78 is 59.5. The molecule has 0 spiro atoms. The highest BCUT2D eigenvalue weighted by Gasteiger charge is 2.42. The van der Waals surface area contributed by atoms with Gasteiger partial charge in [-0.2, -0.15) is 0 Å². The molecule has 1 aliphatic carbocycles. The molecule has 1 amide bonds. The Morgan fingerprint density at radius 3 is 2.47 bits per heavy atom. The molecule has 13 heteroatoms. The predicted octanol–water partition coefficient (Wildman–Crippen LogP) is 6.49. The molecule has 3 aromatic rings. The van der Waals surface area contributed by atoms with Gasteiger partial charge in [-0.15, -0.1) is 0 Å². The van der Waals surface area contributed by atoms with Crippen LogP contribution < -0.4 is 10.1 Å². The lowest BCUT2D eigenvalue weighted by atomic mass is 9.91. The number of fused-ring (bicyclic) bond motifs is 1. The summed E-state index contributed by atoms with van der Waals surface area (Å²) in [6, 6.07) is 9.29. The minimum absolute atomic E-state index is 0.0838. The highest BCUT2D eigenvalue weighted by molar-refractivity contribution is 7.53. The van der Waals surface area contributed by atoms with E-state index in [2.05, 4.69) is 5.32 Å². The van der Waals surface area contributed by atoms with Crippen molar-refractivity contribution < 1.29 is 41.5 Å². The van der Waals surface area contributed by atoms with E-state index in [0.29, 0.717) is 22.2 Å². The fourth-order valence-corrected chi connectivity index (χ4v) is 6.85. The number of hydrogen-bond donors (Lipinski definition) is 1. The first-order chi connectivity index (χ1) is 20.5. The fourth-order valence-electron chi connectivity index (χ4n) is 5.34. The van der Waals surface area contributed by atoms with E-state index in [9.17, 15) is 27.7 Å². The van der Waals surface area contributed by atoms with E-state index < -0.39 is 37.3 Å². The first-order valence-electron chi connectivity index (χ1n) is 14.0. The second-order valence-corrected chi connectivity index (χ2v) is 12.7. The Morgan fingerprint density at radius 2 is 1.79 bits per heavy atom. The van der Waals surface area contributed by atoms with Crippen LogP contribution >= 0.6 is 19.2 Å². The molecule has 1 N–H and O–H groups in total. The average molecular weight is 639 g/mol. The van der Waals surface area contributed by atoms with Crippen molar-refractivity contribution in [2.24, 2.45) is 11.8 Å². The summed E-state index contributed by atoms with van der Waals surface area (Å²) in [6.45, 7) is 4.73. The number of ketones is 2. The van der Waals surface area contributed by atoms with Crippen LogP contribution in [0.15, 0.2) is 42.6 Å². The SMILES string of the molecule is CCOP(=O)(COc1ccc2c(C(C)=O)cn(CC(=O)C3C[C@H](F)C[C@H]3C(=O)NCc3cccc(Cl)c3F)c2c1)OCC. The van der Waals surface area contributed by atoms with Crippen molar-refractivity contribution in [2.45, 2.75) is 52.9 Å². The summed E-state index contributed by atoms with van der Waals surface area (Å²) >= 11 is 5.82. The van der Waals surface area contributed by atoms with Gasteiger partial charge in [0.1, 0.15) is 17.7 Å². The van der Waals surface area contributed by atoms with E-state index in [4.69, 9.17) is 25.4 Å². The molecule has 1 unspecified atom stereocenters. The minimum Gasteiger partial charge on any atom is -0.481 e. The molecular formula is C30H34ClF2N2O7P. The van der Waals surface area contributed by atoms with E-state index in [1.807, 2.05) is 0 Å². The summed E-state index contributed by atoms with van der Waals surface area (Å²) in [5.41, 5.74) is 1.04. The summed E-state index contributed by atoms with van der Waals surface area (Å²) in [4.78, 5) is 38.9. The first kappa shape index (κ1) is 32.8. The summed E-state index contributed by atoms with van der Waals surface area (Å²) in [7, 11) is -3.50. The second-order valence-electron chi connectivity index (χ2n) is 10.3. The van der Waals surface area contributed by atoms with E-state index in [0.717, 1.165) is 0 Å².